The Morgan fingerprint density at radius 1 is 1.03 bits per heavy atom. The van der Waals surface area contributed by atoms with E-state index in [1.54, 1.807) is 36.4 Å². The molecule has 0 aliphatic rings. The monoisotopic (exact) mass is 406 g/mol. The number of anilines is 1. The second-order valence-electron chi connectivity index (χ2n) is 6.32. The van der Waals surface area contributed by atoms with Gasteiger partial charge in [0, 0.05) is 23.9 Å². The van der Waals surface area contributed by atoms with Gasteiger partial charge in [-0.25, -0.2) is 0 Å². The maximum atomic E-state index is 12.4. The summed E-state index contributed by atoms with van der Waals surface area (Å²) in [5.41, 5.74) is 1.27. The lowest BCUT2D eigenvalue weighted by Crippen LogP contribution is -2.25. The lowest BCUT2D eigenvalue weighted by molar-refractivity contribution is -0.136. The largest absolute Gasteiger partial charge is 0.481 e. The predicted molar refractivity (Wildman–Crippen MR) is 111 cm³/mol. The number of carboxylic acid groups (broad SMARTS) is 1. The van der Waals surface area contributed by atoms with E-state index in [-0.39, 0.29) is 24.0 Å². The minimum atomic E-state index is -0.997. The molecular formula is C22H18N2O6. The Kier molecular flexibility index (Phi) is 6.39. The Hall–Kier alpha value is -4.20. The van der Waals surface area contributed by atoms with Crippen LogP contribution in [0.1, 0.15) is 22.3 Å². The van der Waals surface area contributed by atoms with Crippen molar-refractivity contribution in [1.29, 1.82) is 0 Å². The normalized spacial score (nSPS) is 10.8. The zero-order chi connectivity index (χ0) is 21.5. The van der Waals surface area contributed by atoms with Crippen molar-refractivity contribution in [2.24, 2.45) is 0 Å². The molecule has 152 valence electrons. The first kappa shape index (κ1) is 20.5. The molecule has 8 heteroatoms. The van der Waals surface area contributed by atoms with Crippen LogP contribution in [0.2, 0.25) is 0 Å². The average Bonchev–Trinajstić information content (AvgIpc) is 2.73. The number of benzene rings is 2. The quantitative estimate of drug-likeness (QED) is 0.518. The number of carbonyl (C=O) groups excluding carboxylic acids is 2. The van der Waals surface area contributed by atoms with Gasteiger partial charge >= 0.3 is 5.97 Å². The van der Waals surface area contributed by atoms with E-state index in [1.807, 2.05) is 0 Å². The molecule has 3 aromatic rings. The summed E-state index contributed by atoms with van der Waals surface area (Å²) in [7, 11) is 0. The molecule has 30 heavy (non-hydrogen) atoms. The van der Waals surface area contributed by atoms with Gasteiger partial charge in [-0.05, 0) is 42.5 Å². The van der Waals surface area contributed by atoms with Crippen molar-refractivity contribution >= 4 is 40.5 Å². The van der Waals surface area contributed by atoms with Crippen LogP contribution < -0.4 is 16.1 Å². The van der Waals surface area contributed by atoms with Crippen molar-refractivity contribution in [3.63, 3.8) is 0 Å². The van der Waals surface area contributed by atoms with Gasteiger partial charge in [0.2, 0.25) is 5.91 Å². The molecule has 0 bridgehead atoms. The van der Waals surface area contributed by atoms with Crippen LogP contribution in [-0.2, 0) is 9.59 Å². The molecule has 0 aliphatic carbocycles. The van der Waals surface area contributed by atoms with Crippen molar-refractivity contribution in [2.75, 3.05) is 11.9 Å². The number of hydrogen-bond donors (Lipinski definition) is 3. The van der Waals surface area contributed by atoms with Gasteiger partial charge in [-0.1, -0.05) is 12.1 Å². The molecule has 2 aromatic carbocycles. The second kappa shape index (κ2) is 9.33. The molecule has 0 radical (unpaired) electrons. The molecule has 0 aliphatic heterocycles. The Bertz CT molecular complexity index is 1180. The average molecular weight is 406 g/mol. The minimum Gasteiger partial charge on any atom is -0.481 e. The number of carboxylic acids is 1. The first-order valence-electron chi connectivity index (χ1n) is 9.04. The van der Waals surface area contributed by atoms with Crippen LogP contribution in [0.4, 0.5) is 5.69 Å². The maximum Gasteiger partial charge on any atom is 0.305 e. The predicted octanol–water partition coefficient (Wildman–Crippen LogP) is 2.65. The highest BCUT2D eigenvalue weighted by molar-refractivity contribution is 6.02. The van der Waals surface area contributed by atoms with E-state index in [0.717, 1.165) is 0 Å². The van der Waals surface area contributed by atoms with E-state index in [1.165, 1.54) is 30.5 Å². The Labute approximate surface area is 170 Å². The van der Waals surface area contributed by atoms with E-state index in [2.05, 4.69) is 10.6 Å². The molecule has 1 aromatic heterocycles. The summed E-state index contributed by atoms with van der Waals surface area (Å²) in [6, 6.07) is 12.9. The van der Waals surface area contributed by atoms with Crippen molar-refractivity contribution in [3.8, 4) is 0 Å². The molecular weight excluding hydrogens is 388 g/mol. The summed E-state index contributed by atoms with van der Waals surface area (Å²) < 4.78 is 5.40. The molecule has 2 amide bonds. The van der Waals surface area contributed by atoms with Crippen LogP contribution in [0, 0.1) is 0 Å². The van der Waals surface area contributed by atoms with Crippen LogP contribution in [0.3, 0.4) is 0 Å². The highest BCUT2D eigenvalue weighted by atomic mass is 16.4. The highest BCUT2D eigenvalue weighted by Crippen LogP contribution is 2.12. The van der Waals surface area contributed by atoms with Crippen LogP contribution in [0.15, 0.2) is 70.1 Å². The van der Waals surface area contributed by atoms with Gasteiger partial charge in [-0.2, -0.15) is 0 Å². The van der Waals surface area contributed by atoms with E-state index < -0.39 is 17.8 Å². The number of nitrogens with one attached hydrogen (secondary N) is 2. The Morgan fingerprint density at radius 3 is 2.50 bits per heavy atom. The molecule has 8 nitrogen and oxygen atoms in total. The molecule has 3 rings (SSSR count). The molecule has 0 fully saturated rings. The third-order valence-corrected chi connectivity index (χ3v) is 4.16. The molecule has 0 atom stereocenters. The molecule has 0 saturated carbocycles. The van der Waals surface area contributed by atoms with Gasteiger partial charge in [0.1, 0.15) is 11.8 Å². The van der Waals surface area contributed by atoms with E-state index in [0.29, 0.717) is 22.2 Å². The zero-order valence-corrected chi connectivity index (χ0v) is 15.8. The summed E-state index contributed by atoms with van der Waals surface area (Å²) in [6.07, 6.45) is 3.72. The summed E-state index contributed by atoms with van der Waals surface area (Å²) >= 11 is 0. The van der Waals surface area contributed by atoms with Crippen LogP contribution >= 0.6 is 0 Å². The third-order valence-electron chi connectivity index (χ3n) is 4.16. The number of hydrogen-bond acceptors (Lipinski definition) is 5. The Balaban J connectivity index is 1.61. The SMILES string of the molecule is O=C(O)CCNC(=O)c1ccc(NC(=O)/C=C/c2coc3ccccc3c2=O)cc1. The second-order valence-corrected chi connectivity index (χ2v) is 6.32. The number of fused-ring (bicyclic) bond motifs is 1. The first-order chi connectivity index (χ1) is 14.4. The number of para-hydroxylation sites is 1. The summed E-state index contributed by atoms with van der Waals surface area (Å²) in [5, 5.41) is 14.1. The number of amides is 2. The van der Waals surface area contributed by atoms with E-state index in [4.69, 9.17) is 9.52 Å². The molecule has 3 N–H and O–H groups in total. The van der Waals surface area contributed by atoms with Crippen molar-refractivity contribution in [2.45, 2.75) is 6.42 Å². The van der Waals surface area contributed by atoms with Gasteiger partial charge in [-0.15, -0.1) is 0 Å². The summed E-state index contributed by atoms with van der Waals surface area (Å²) in [5.74, 6) is -1.86. The van der Waals surface area contributed by atoms with Crippen molar-refractivity contribution < 1.29 is 23.9 Å². The third kappa shape index (κ3) is 5.20. The van der Waals surface area contributed by atoms with Crippen LogP contribution in [0.5, 0.6) is 0 Å². The standard InChI is InChI=1S/C22H18N2O6/c25-19(10-7-15-13-30-18-4-2-1-3-17(18)21(15)28)24-16-8-5-14(6-9-16)22(29)23-12-11-20(26)27/h1-10,13H,11-12H2,(H,23,29)(H,24,25)(H,26,27)/b10-7+. The fraction of sp³-hybridized carbons (Fsp3) is 0.0909. The summed E-state index contributed by atoms with van der Waals surface area (Å²) in [4.78, 5) is 46.9. The fourth-order valence-corrected chi connectivity index (χ4v) is 2.65. The summed E-state index contributed by atoms with van der Waals surface area (Å²) in [6.45, 7) is 0.0280. The van der Waals surface area contributed by atoms with Gasteiger partial charge in [0.25, 0.3) is 5.91 Å². The molecule has 1 heterocycles. The van der Waals surface area contributed by atoms with Crippen LogP contribution in [-0.4, -0.2) is 29.4 Å². The lowest BCUT2D eigenvalue weighted by atomic mass is 10.1. The number of carbonyl (C=O) groups is 3. The minimum absolute atomic E-state index is 0.0280. The van der Waals surface area contributed by atoms with Gasteiger partial charge in [-0.3, -0.25) is 19.2 Å². The smallest absolute Gasteiger partial charge is 0.305 e. The zero-order valence-electron chi connectivity index (χ0n) is 15.8. The first-order valence-corrected chi connectivity index (χ1v) is 9.04. The van der Waals surface area contributed by atoms with Crippen molar-refractivity contribution in [3.05, 3.63) is 82.2 Å². The maximum absolute atomic E-state index is 12.4. The fourth-order valence-electron chi connectivity index (χ4n) is 2.65. The van der Waals surface area contributed by atoms with Gasteiger partial charge in [0.15, 0.2) is 5.43 Å². The number of rotatable bonds is 7. The van der Waals surface area contributed by atoms with E-state index >= 15 is 0 Å². The number of aliphatic carboxylic acids is 1. The molecule has 0 spiro atoms. The van der Waals surface area contributed by atoms with Gasteiger partial charge in [0.05, 0.1) is 17.4 Å². The topological polar surface area (TPSA) is 126 Å². The van der Waals surface area contributed by atoms with Crippen molar-refractivity contribution in [1.82, 2.24) is 5.32 Å². The van der Waals surface area contributed by atoms with Crippen LogP contribution in [0.25, 0.3) is 17.0 Å². The molecule has 0 unspecified atom stereocenters. The van der Waals surface area contributed by atoms with Gasteiger partial charge < -0.3 is 20.2 Å². The molecule has 0 saturated heterocycles. The Morgan fingerprint density at radius 2 is 1.77 bits per heavy atom. The highest BCUT2D eigenvalue weighted by Gasteiger charge is 2.07. The lowest BCUT2D eigenvalue weighted by Gasteiger charge is -2.06. The van der Waals surface area contributed by atoms with E-state index in [9.17, 15) is 19.2 Å².